The molecule has 1 saturated heterocycles. The van der Waals surface area contributed by atoms with Gasteiger partial charge >= 0.3 is 0 Å². The van der Waals surface area contributed by atoms with Crippen LogP contribution >= 0.6 is 11.8 Å². The number of aldehydes is 1. The molecule has 1 aliphatic heterocycles. The van der Waals surface area contributed by atoms with Crippen LogP contribution in [0.4, 0.5) is 0 Å². The minimum atomic E-state index is 0.454. The average Bonchev–Trinajstić information content (AvgIpc) is 2.83. The number of pyridine rings is 1. The number of aromatic nitrogens is 3. The fourth-order valence-corrected chi connectivity index (χ4v) is 3.27. The summed E-state index contributed by atoms with van der Waals surface area (Å²) < 4.78 is 1.64. The lowest BCUT2D eigenvalue weighted by molar-refractivity contribution is 0.111. The Balaban J connectivity index is 2.03. The van der Waals surface area contributed by atoms with E-state index in [1.807, 2.05) is 23.9 Å². The maximum Gasteiger partial charge on any atom is 0.168 e. The Hall–Kier alpha value is -1.36. The number of rotatable bonds is 2. The van der Waals surface area contributed by atoms with E-state index in [0.29, 0.717) is 11.6 Å². The second-order valence-electron chi connectivity index (χ2n) is 4.20. The van der Waals surface area contributed by atoms with Gasteiger partial charge in [0.1, 0.15) is 5.69 Å². The van der Waals surface area contributed by atoms with E-state index in [1.54, 1.807) is 10.6 Å². The van der Waals surface area contributed by atoms with E-state index in [2.05, 4.69) is 10.1 Å². The standard InChI is InChI=1S/C12H13N3OS/c16-8-10-2-1-3-11-13-12(14-15(10)11)9-4-6-17-7-5-9/h1-3,8-9H,4-7H2. The van der Waals surface area contributed by atoms with Crippen LogP contribution in [0.25, 0.3) is 5.65 Å². The van der Waals surface area contributed by atoms with E-state index in [-0.39, 0.29) is 0 Å². The zero-order valence-corrected chi connectivity index (χ0v) is 10.2. The van der Waals surface area contributed by atoms with Gasteiger partial charge in [0.2, 0.25) is 0 Å². The van der Waals surface area contributed by atoms with Crippen LogP contribution in [0, 0.1) is 0 Å². The van der Waals surface area contributed by atoms with Crippen molar-refractivity contribution in [3.8, 4) is 0 Å². The van der Waals surface area contributed by atoms with Crippen molar-refractivity contribution in [2.24, 2.45) is 0 Å². The Morgan fingerprint density at radius 1 is 1.35 bits per heavy atom. The first-order valence-corrected chi connectivity index (χ1v) is 6.92. The summed E-state index contributed by atoms with van der Waals surface area (Å²) in [5, 5.41) is 4.47. The molecule has 2 aromatic heterocycles. The molecule has 0 spiro atoms. The lowest BCUT2D eigenvalue weighted by atomic mass is 10.0. The third-order valence-electron chi connectivity index (χ3n) is 3.11. The Labute approximate surface area is 103 Å². The third-order valence-corrected chi connectivity index (χ3v) is 4.16. The molecule has 2 aromatic rings. The molecular formula is C12H13N3OS. The van der Waals surface area contributed by atoms with Crippen molar-refractivity contribution < 1.29 is 4.79 Å². The summed E-state index contributed by atoms with van der Waals surface area (Å²) in [6.45, 7) is 0. The van der Waals surface area contributed by atoms with E-state index in [0.717, 1.165) is 30.6 Å². The molecule has 0 saturated carbocycles. The minimum Gasteiger partial charge on any atom is -0.296 e. The zero-order chi connectivity index (χ0) is 11.7. The van der Waals surface area contributed by atoms with Crippen LogP contribution in [0.2, 0.25) is 0 Å². The highest BCUT2D eigenvalue weighted by Gasteiger charge is 2.20. The molecule has 0 N–H and O–H groups in total. The van der Waals surface area contributed by atoms with E-state index in [1.165, 1.54) is 11.5 Å². The summed E-state index contributed by atoms with van der Waals surface area (Å²) >= 11 is 1.99. The maximum atomic E-state index is 10.9. The largest absolute Gasteiger partial charge is 0.296 e. The molecule has 0 unspecified atom stereocenters. The second-order valence-corrected chi connectivity index (χ2v) is 5.42. The molecule has 88 valence electrons. The first kappa shape index (κ1) is 10.8. The molecule has 5 heteroatoms. The highest BCUT2D eigenvalue weighted by molar-refractivity contribution is 7.99. The van der Waals surface area contributed by atoms with Crippen molar-refractivity contribution in [2.45, 2.75) is 18.8 Å². The van der Waals surface area contributed by atoms with E-state index in [4.69, 9.17) is 0 Å². The van der Waals surface area contributed by atoms with Gasteiger partial charge in [-0.2, -0.15) is 16.9 Å². The average molecular weight is 247 g/mol. The molecule has 0 amide bonds. The van der Waals surface area contributed by atoms with Gasteiger partial charge in [0.15, 0.2) is 17.8 Å². The summed E-state index contributed by atoms with van der Waals surface area (Å²) in [4.78, 5) is 15.4. The number of carbonyl (C=O) groups is 1. The topological polar surface area (TPSA) is 47.3 Å². The molecule has 17 heavy (non-hydrogen) atoms. The summed E-state index contributed by atoms with van der Waals surface area (Å²) in [6, 6.07) is 5.49. The molecule has 0 aromatic carbocycles. The van der Waals surface area contributed by atoms with Gasteiger partial charge in [-0.1, -0.05) is 6.07 Å². The van der Waals surface area contributed by atoms with E-state index < -0.39 is 0 Å². The van der Waals surface area contributed by atoms with Gasteiger partial charge in [-0.15, -0.1) is 0 Å². The molecule has 0 aliphatic carbocycles. The lowest BCUT2D eigenvalue weighted by Crippen LogP contribution is -2.09. The lowest BCUT2D eigenvalue weighted by Gasteiger charge is -2.17. The number of hydrogen-bond acceptors (Lipinski definition) is 4. The summed E-state index contributed by atoms with van der Waals surface area (Å²) in [5.41, 5.74) is 1.33. The first-order valence-electron chi connectivity index (χ1n) is 5.77. The molecule has 3 heterocycles. The SMILES string of the molecule is O=Cc1cccc2nc(C3CCSCC3)nn12. The van der Waals surface area contributed by atoms with Gasteiger partial charge in [0.25, 0.3) is 0 Å². The van der Waals surface area contributed by atoms with Crippen LogP contribution in [0.15, 0.2) is 18.2 Å². The minimum absolute atomic E-state index is 0.454. The van der Waals surface area contributed by atoms with Crippen molar-refractivity contribution in [2.75, 3.05) is 11.5 Å². The number of hydrogen-bond donors (Lipinski definition) is 0. The van der Waals surface area contributed by atoms with Crippen LogP contribution in [0.5, 0.6) is 0 Å². The second kappa shape index (κ2) is 4.49. The first-order chi connectivity index (χ1) is 8.38. The smallest absolute Gasteiger partial charge is 0.168 e. The van der Waals surface area contributed by atoms with Crippen LogP contribution in [-0.4, -0.2) is 32.4 Å². The summed E-state index contributed by atoms with van der Waals surface area (Å²) in [6.07, 6.45) is 3.10. The molecule has 1 fully saturated rings. The molecular weight excluding hydrogens is 234 g/mol. The Morgan fingerprint density at radius 3 is 2.94 bits per heavy atom. The Kier molecular flexibility index (Phi) is 2.84. The van der Waals surface area contributed by atoms with Crippen molar-refractivity contribution in [1.82, 2.24) is 14.6 Å². The number of fused-ring (bicyclic) bond motifs is 1. The van der Waals surface area contributed by atoms with Gasteiger partial charge in [0.05, 0.1) is 0 Å². The third kappa shape index (κ3) is 1.95. The predicted molar refractivity (Wildman–Crippen MR) is 67.7 cm³/mol. The molecule has 0 radical (unpaired) electrons. The molecule has 4 nitrogen and oxygen atoms in total. The fraction of sp³-hybridized carbons (Fsp3) is 0.417. The van der Waals surface area contributed by atoms with Gasteiger partial charge in [-0.3, -0.25) is 4.79 Å². The maximum absolute atomic E-state index is 10.9. The molecule has 0 bridgehead atoms. The molecule has 1 aliphatic rings. The van der Waals surface area contributed by atoms with Crippen molar-refractivity contribution in [3.63, 3.8) is 0 Å². The van der Waals surface area contributed by atoms with Gasteiger partial charge in [0, 0.05) is 5.92 Å². The predicted octanol–water partition coefficient (Wildman–Crippen LogP) is 2.15. The number of carbonyl (C=O) groups excluding carboxylic acids is 1. The molecule has 0 atom stereocenters. The number of thioether (sulfide) groups is 1. The van der Waals surface area contributed by atoms with Crippen molar-refractivity contribution in [1.29, 1.82) is 0 Å². The quantitative estimate of drug-likeness (QED) is 0.763. The molecule has 3 rings (SSSR count). The highest BCUT2D eigenvalue weighted by atomic mass is 32.2. The number of nitrogens with zero attached hydrogens (tertiary/aromatic N) is 3. The van der Waals surface area contributed by atoms with Crippen LogP contribution in [-0.2, 0) is 0 Å². The van der Waals surface area contributed by atoms with Crippen molar-refractivity contribution >= 4 is 23.7 Å². The van der Waals surface area contributed by atoms with Crippen LogP contribution < -0.4 is 0 Å². The Morgan fingerprint density at radius 2 is 2.18 bits per heavy atom. The van der Waals surface area contributed by atoms with Crippen molar-refractivity contribution in [3.05, 3.63) is 29.7 Å². The summed E-state index contributed by atoms with van der Waals surface area (Å²) in [7, 11) is 0. The van der Waals surface area contributed by atoms with Crippen LogP contribution in [0.3, 0.4) is 0 Å². The highest BCUT2D eigenvalue weighted by Crippen LogP contribution is 2.29. The fourth-order valence-electron chi connectivity index (χ4n) is 2.16. The Bertz CT molecular complexity index is 546. The normalized spacial score (nSPS) is 17.4. The summed E-state index contributed by atoms with van der Waals surface area (Å²) in [5.74, 6) is 3.71. The van der Waals surface area contributed by atoms with E-state index in [9.17, 15) is 4.79 Å². The van der Waals surface area contributed by atoms with Crippen LogP contribution in [0.1, 0.15) is 35.1 Å². The zero-order valence-electron chi connectivity index (χ0n) is 9.37. The monoisotopic (exact) mass is 247 g/mol. The van der Waals surface area contributed by atoms with Gasteiger partial charge < -0.3 is 0 Å². The van der Waals surface area contributed by atoms with Gasteiger partial charge in [-0.05, 0) is 36.5 Å². The van der Waals surface area contributed by atoms with Gasteiger partial charge in [-0.25, -0.2) is 9.50 Å². The van der Waals surface area contributed by atoms with E-state index >= 15 is 0 Å².